The highest BCUT2D eigenvalue weighted by Crippen LogP contribution is 2.56. The van der Waals surface area contributed by atoms with Crippen LogP contribution in [0.15, 0.2) is 54.6 Å². The molecular weight excluding hydrogens is 1790 g/mol. The van der Waals surface area contributed by atoms with E-state index in [-0.39, 0.29) is 150 Å². The summed E-state index contributed by atoms with van der Waals surface area (Å²) in [6.45, 7) is 23.4. The molecule has 124 heavy (non-hydrogen) atoms. The molecule has 21 N–H and O–H groups in total. The van der Waals surface area contributed by atoms with Crippen LogP contribution >= 0.6 is 0 Å². The van der Waals surface area contributed by atoms with Gasteiger partial charge >= 0.3 is 63.7 Å². The molecule has 7 rings (SSSR count). The maximum atomic E-state index is 11.1. The molecule has 0 saturated carbocycles. The van der Waals surface area contributed by atoms with Gasteiger partial charge in [-0.25, -0.2) is 0 Å². The Morgan fingerprint density at radius 3 is 0.839 bits per heavy atom. The minimum atomic E-state index is -3.11. The SMILES string of the molecule is CCCNc1c(O)c(NCC)c(OC)c(O)c1OC.CCNc1c(O)c(C)c(OC)c(O)c1OC.CCNc1c(O)c(NCC(C)=O)c(OC)c(O)c1OC.CCNc1c(O)cc(OC)c(O)c1OC.CCNc1cc(O)c(C)cc1O.Cc1cc(O)ccc1O.Cc1cc(O)ccc1O.O=S(=O)=O.O=S(=O)=O.O=S(=O)=O.O=S(=O)=O.O=S(=O)=O.O=S(=O)=O. The van der Waals surface area contributed by atoms with Gasteiger partial charge in [0.2, 0.25) is 23.0 Å². The summed E-state index contributed by atoms with van der Waals surface area (Å²) in [6, 6.07) is 13.2. The molecular formula is C70H103N7O41S6. The van der Waals surface area contributed by atoms with Crippen LogP contribution < -0.4 is 75.1 Å². The molecule has 0 unspecified atom stereocenters. The summed E-state index contributed by atoms with van der Waals surface area (Å²) in [5.41, 5.74) is 4.91. The first-order valence-electron chi connectivity index (χ1n) is 34.3. The van der Waals surface area contributed by atoms with E-state index in [1.165, 1.54) is 118 Å². The zero-order valence-corrected chi connectivity index (χ0v) is 75.0. The molecule has 0 radical (unpaired) electrons. The summed E-state index contributed by atoms with van der Waals surface area (Å²) in [5, 5.41) is 155. The first kappa shape index (κ1) is 121. The van der Waals surface area contributed by atoms with E-state index in [4.69, 9.17) is 134 Å². The number of nitrogens with one attached hydrogen (secondary N) is 7. The van der Waals surface area contributed by atoms with Crippen molar-refractivity contribution < 1.29 is 190 Å². The van der Waals surface area contributed by atoms with Crippen molar-refractivity contribution in [2.45, 2.75) is 82.6 Å². The van der Waals surface area contributed by atoms with Crippen molar-refractivity contribution >= 4 is 109 Å². The van der Waals surface area contributed by atoms with E-state index in [1.54, 1.807) is 27.7 Å². The number of anilines is 7. The summed E-state index contributed by atoms with van der Waals surface area (Å²) in [5.74, 6) is 1.38. The number of ketones is 1. The van der Waals surface area contributed by atoms with Crippen molar-refractivity contribution in [1.29, 1.82) is 0 Å². The van der Waals surface area contributed by atoms with Gasteiger partial charge in [-0.1, -0.05) is 6.92 Å². The van der Waals surface area contributed by atoms with Gasteiger partial charge in [-0.3, -0.25) is 4.79 Å². The second-order valence-electron chi connectivity index (χ2n) is 22.1. The molecule has 0 aromatic heterocycles. The number of hydrogen-bond donors (Lipinski definition) is 21. The Bertz CT molecular complexity index is 4950. The summed E-state index contributed by atoms with van der Waals surface area (Å²) >= 11 is 0. The Hall–Kier alpha value is -13.9. The molecule has 0 bridgehead atoms. The number of rotatable bonds is 24. The molecule has 7 aromatic rings. The Morgan fingerprint density at radius 1 is 0.290 bits per heavy atom. The van der Waals surface area contributed by atoms with E-state index in [0.29, 0.717) is 83.4 Å². The van der Waals surface area contributed by atoms with Crippen molar-refractivity contribution in [2.24, 2.45) is 0 Å². The van der Waals surface area contributed by atoms with E-state index in [0.717, 1.165) is 13.0 Å². The number of methoxy groups -OCH3 is 8. The van der Waals surface area contributed by atoms with Gasteiger partial charge in [0.15, 0.2) is 57.5 Å². The maximum Gasteiger partial charge on any atom is 0.425 e. The van der Waals surface area contributed by atoms with Crippen molar-refractivity contribution in [3.63, 3.8) is 0 Å². The molecule has 0 fully saturated rings. The van der Waals surface area contributed by atoms with Gasteiger partial charge in [0.25, 0.3) is 0 Å². The zero-order valence-electron chi connectivity index (χ0n) is 70.1. The summed E-state index contributed by atoms with van der Waals surface area (Å²) < 4.78 is 192. The van der Waals surface area contributed by atoms with Crippen LogP contribution in [-0.4, -0.2) is 256 Å². The predicted molar refractivity (Wildman–Crippen MR) is 447 cm³/mol. The first-order chi connectivity index (χ1) is 57.8. The topological polar surface area (TPSA) is 766 Å². The highest BCUT2D eigenvalue weighted by atomic mass is 32.2. The third-order valence-corrected chi connectivity index (χ3v) is 13.7. The maximum absolute atomic E-state index is 11.1. The Morgan fingerprint density at radius 2 is 0.565 bits per heavy atom. The van der Waals surface area contributed by atoms with Crippen LogP contribution in [-0.2, 0) is 68.4 Å². The lowest BCUT2D eigenvalue weighted by Gasteiger charge is -2.20. The molecule has 0 aliphatic rings. The minimum Gasteiger partial charge on any atom is -0.508 e. The van der Waals surface area contributed by atoms with Crippen LogP contribution in [0.2, 0.25) is 0 Å². The quantitative estimate of drug-likeness (QED) is 0.0246. The van der Waals surface area contributed by atoms with Crippen LogP contribution in [0.4, 0.5) is 39.8 Å². The van der Waals surface area contributed by atoms with Crippen molar-refractivity contribution in [3.8, 4) is 126 Å². The van der Waals surface area contributed by atoms with Crippen molar-refractivity contribution in [2.75, 3.05) is 140 Å². The largest absolute Gasteiger partial charge is 0.508 e. The zero-order chi connectivity index (χ0) is 97.7. The van der Waals surface area contributed by atoms with Gasteiger partial charge in [0, 0.05) is 57.0 Å². The fourth-order valence-electron chi connectivity index (χ4n) is 8.82. The van der Waals surface area contributed by atoms with Gasteiger partial charge in [-0.2, -0.15) is 0 Å². The first-order valence-corrected chi connectivity index (χ1v) is 40.3. The van der Waals surface area contributed by atoms with Gasteiger partial charge in [-0.15, -0.1) is 75.8 Å². The van der Waals surface area contributed by atoms with Gasteiger partial charge in [0.1, 0.15) is 85.9 Å². The third kappa shape index (κ3) is 48.4. The van der Waals surface area contributed by atoms with E-state index in [2.05, 4.69) is 37.2 Å². The molecule has 54 heteroatoms. The molecule has 0 aliphatic heterocycles. The molecule has 0 saturated heterocycles. The monoisotopic (exact) mass is 1890 g/mol. The van der Waals surface area contributed by atoms with E-state index < -0.39 is 63.7 Å². The number of phenolic OH excluding ortho intramolecular Hbond substituents is 14. The average Bonchev–Trinajstić information content (AvgIpc) is 0.797. The number of Topliss-reactive ketones (excluding diaryl/α,β-unsaturated/α-hetero) is 1. The number of carbonyl (C=O) groups is 1. The highest BCUT2D eigenvalue weighted by molar-refractivity contribution is 7.59. The normalized spacial score (nSPS) is 9.12. The Balaban J connectivity index is -0.000000316. The van der Waals surface area contributed by atoms with Gasteiger partial charge < -0.3 is 147 Å². The second kappa shape index (κ2) is 66.9. The minimum absolute atomic E-state index is 0.00124. The number of ether oxygens (including phenoxy) is 8. The lowest BCUT2D eigenvalue weighted by Crippen LogP contribution is -2.12. The Kier molecular flexibility index (Phi) is 65.2. The molecule has 0 atom stereocenters. The summed E-state index contributed by atoms with van der Waals surface area (Å²) in [4.78, 5) is 11.1. The smallest absolute Gasteiger partial charge is 0.425 e. The Labute approximate surface area is 721 Å². The highest BCUT2D eigenvalue weighted by Gasteiger charge is 2.28. The number of aryl methyl sites for hydroxylation is 3. The van der Waals surface area contributed by atoms with Crippen LogP contribution in [0.25, 0.3) is 0 Å². The summed E-state index contributed by atoms with van der Waals surface area (Å²) in [7, 11) is -7.43. The lowest BCUT2D eigenvalue weighted by molar-refractivity contribution is -0.115. The van der Waals surface area contributed by atoms with E-state index in [1.807, 2.05) is 41.5 Å². The second-order valence-corrected chi connectivity index (χ2v) is 24.6. The molecule has 0 amide bonds. The number of benzene rings is 7. The van der Waals surface area contributed by atoms with Crippen LogP contribution in [0, 0.1) is 27.7 Å². The van der Waals surface area contributed by atoms with Crippen molar-refractivity contribution in [3.05, 3.63) is 76.9 Å². The van der Waals surface area contributed by atoms with Crippen LogP contribution in [0.1, 0.15) is 77.1 Å². The molecule has 0 aliphatic carbocycles. The summed E-state index contributed by atoms with van der Waals surface area (Å²) in [6.07, 6.45) is 0.881. The molecule has 0 spiro atoms. The van der Waals surface area contributed by atoms with E-state index in [9.17, 15) is 55.9 Å². The molecule has 7 aromatic carbocycles. The fraction of sp³-hybridized carbons (Fsp3) is 0.386. The number of carbonyl (C=O) groups excluding carboxylic acids is 1. The number of phenols is 14. The third-order valence-electron chi connectivity index (χ3n) is 13.7. The van der Waals surface area contributed by atoms with Crippen molar-refractivity contribution in [1.82, 2.24) is 0 Å². The molecule has 700 valence electrons. The van der Waals surface area contributed by atoms with E-state index >= 15 is 0 Å². The van der Waals surface area contributed by atoms with Crippen LogP contribution in [0.3, 0.4) is 0 Å². The standard InChI is InChI=1S/C13H20N2O5.C13H22N2O4.C11H17NO4.C10H15NO4.C9H13NO2.2C7H8O2.6O3S/c1-5-14-8-10(17)9(15-6-7(2)16)13(20-4)11(18)12(8)19-3;1-5-7-15-9-10(16)8(14-6-2)12(18-3)11(17)13(9)19-4;1-5-12-7-8(13)6(2)10(15-3)9(14)11(7)16-4;1-4-11-8-6(12)5-7(14-2)9(13)10(8)15-3;1-3-10-7-5-8(11)6(2)4-9(7)12;2*1-5-4-6(8)2-3-7(5)9;6*1-4(2)3/h14-15,17-18H,5-6H2,1-4H3;14-17H,5-7H2,1-4H3;12-14H,5H2,1-4H3;5,11-13H,4H2,1-3H3;4-5,10-12H,3H2,1-2H3;2*2-4,8-9H,1H3;;;;;;. The number of hydrogen-bond acceptors (Lipinski definition) is 48. The van der Waals surface area contributed by atoms with Gasteiger partial charge in [-0.05, 0) is 135 Å². The predicted octanol–water partition coefficient (Wildman–Crippen LogP) is 5.94. The average molecular weight is 1890 g/mol. The fourth-order valence-corrected chi connectivity index (χ4v) is 8.82. The van der Waals surface area contributed by atoms with Crippen LogP contribution in [0.5, 0.6) is 126 Å². The lowest BCUT2D eigenvalue weighted by atomic mass is 10.1. The number of aromatic hydroxyl groups is 14. The molecule has 48 nitrogen and oxygen atoms in total. The van der Waals surface area contributed by atoms with Gasteiger partial charge in [0.05, 0.1) is 69.1 Å². The molecule has 0 heterocycles.